The fourth-order valence-corrected chi connectivity index (χ4v) is 1.27. The van der Waals surface area contributed by atoms with Crippen molar-refractivity contribution in [2.45, 2.75) is 0 Å². The van der Waals surface area contributed by atoms with Gasteiger partial charge in [0.15, 0.2) is 0 Å². The second-order valence-corrected chi connectivity index (χ2v) is 3.37. The SMILES string of the molecule is O=C(O)C=Cc1c(F)cc(Br)cc1F. The quantitative estimate of drug-likeness (QED) is 0.833. The fourth-order valence-electron chi connectivity index (χ4n) is 0.867. The molecule has 0 bridgehead atoms. The number of halogens is 3. The lowest BCUT2D eigenvalue weighted by Gasteiger charge is -1.99. The van der Waals surface area contributed by atoms with Gasteiger partial charge in [-0.2, -0.15) is 0 Å². The van der Waals surface area contributed by atoms with Crippen molar-refractivity contribution in [3.8, 4) is 0 Å². The normalized spacial score (nSPS) is 10.8. The fraction of sp³-hybridized carbons (Fsp3) is 0. The van der Waals surface area contributed by atoms with E-state index in [2.05, 4.69) is 15.9 Å². The lowest BCUT2D eigenvalue weighted by molar-refractivity contribution is -0.131. The highest BCUT2D eigenvalue weighted by atomic mass is 79.9. The molecule has 1 aromatic carbocycles. The maximum atomic E-state index is 13.0. The number of carbonyl (C=O) groups is 1. The van der Waals surface area contributed by atoms with Gasteiger partial charge in [-0.25, -0.2) is 13.6 Å². The zero-order valence-electron chi connectivity index (χ0n) is 6.80. The van der Waals surface area contributed by atoms with Gasteiger partial charge in [-0.05, 0) is 18.2 Å². The van der Waals surface area contributed by atoms with E-state index in [1.807, 2.05) is 0 Å². The molecule has 0 aliphatic rings. The molecule has 0 spiro atoms. The summed E-state index contributed by atoms with van der Waals surface area (Å²) in [5, 5.41) is 8.27. The molecule has 0 fully saturated rings. The minimum absolute atomic E-state index is 0.264. The van der Waals surface area contributed by atoms with Crippen LogP contribution >= 0.6 is 15.9 Å². The Labute approximate surface area is 87.0 Å². The van der Waals surface area contributed by atoms with E-state index in [0.717, 1.165) is 18.2 Å². The summed E-state index contributed by atoms with van der Waals surface area (Å²) in [6, 6.07) is 2.12. The van der Waals surface area contributed by atoms with E-state index in [9.17, 15) is 13.6 Å². The van der Waals surface area contributed by atoms with Crippen molar-refractivity contribution in [3.63, 3.8) is 0 Å². The van der Waals surface area contributed by atoms with E-state index in [1.54, 1.807) is 0 Å². The third kappa shape index (κ3) is 2.63. The van der Waals surface area contributed by atoms with Crippen LogP contribution in [-0.4, -0.2) is 11.1 Å². The monoisotopic (exact) mass is 262 g/mol. The van der Waals surface area contributed by atoms with Gasteiger partial charge in [0.25, 0.3) is 0 Å². The Morgan fingerprint density at radius 2 is 1.86 bits per heavy atom. The Morgan fingerprint density at radius 1 is 1.36 bits per heavy atom. The van der Waals surface area contributed by atoms with Gasteiger partial charge in [0.05, 0.1) is 0 Å². The van der Waals surface area contributed by atoms with Crippen molar-refractivity contribution in [3.05, 3.63) is 39.9 Å². The molecule has 1 rings (SSSR count). The molecule has 1 aromatic rings. The Hall–Kier alpha value is -1.23. The summed E-state index contributed by atoms with van der Waals surface area (Å²) in [6.45, 7) is 0. The van der Waals surface area contributed by atoms with Crippen LogP contribution in [0, 0.1) is 11.6 Å². The molecule has 0 saturated heterocycles. The van der Waals surface area contributed by atoms with Gasteiger partial charge >= 0.3 is 5.97 Å². The molecule has 14 heavy (non-hydrogen) atoms. The van der Waals surface area contributed by atoms with Crippen molar-refractivity contribution in [2.24, 2.45) is 0 Å². The van der Waals surface area contributed by atoms with Gasteiger partial charge in [-0.1, -0.05) is 15.9 Å². The highest BCUT2D eigenvalue weighted by Crippen LogP contribution is 2.20. The smallest absolute Gasteiger partial charge is 0.328 e. The van der Waals surface area contributed by atoms with Crippen LogP contribution in [0.5, 0.6) is 0 Å². The number of benzene rings is 1. The number of aliphatic carboxylic acids is 1. The van der Waals surface area contributed by atoms with Crippen LogP contribution in [0.1, 0.15) is 5.56 Å². The van der Waals surface area contributed by atoms with Crippen LogP contribution < -0.4 is 0 Å². The number of hydrogen-bond acceptors (Lipinski definition) is 1. The highest BCUT2D eigenvalue weighted by Gasteiger charge is 2.07. The van der Waals surface area contributed by atoms with Crippen LogP contribution in [0.15, 0.2) is 22.7 Å². The number of rotatable bonds is 2. The minimum atomic E-state index is -1.26. The van der Waals surface area contributed by atoms with Crippen molar-refractivity contribution < 1.29 is 18.7 Å². The molecule has 0 atom stereocenters. The van der Waals surface area contributed by atoms with E-state index in [1.165, 1.54) is 0 Å². The average Bonchev–Trinajstić information content (AvgIpc) is 2.01. The predicted molar refractivity (Wildman–Crippen MR) is 50.7 cm³/mol. The van der Waals surface area contributed by atoms with Gasteiger partial charge in [0.1, 0.15) is 11.6 Å². The number of hydrogen-bond donors (Lipinski definition) is 1. The molecule has 0 unspecified atom stereocenters. The second-order valence-electron chi connectivity index (χ2n) is 2.45. The molecule has 0 amide bonds. The topological polar surface area (TPSA) is 37.3 Å². The number of carboxylic acid groups (broad SMARTS) is 1. The molecule has 1 N–H and O–H groups in total. The van der Waals surface area contributed by atoms with E-state index in [-0.39, 0.29) is 10.0 Å². The van der Waals surface area contributed by atoms with Crippen molar-refractivity contribution in [1.29, 1.82) is 0 Å². The zero-order chi connectivity index (χ0) is 10.7. The van der Waals surface area contributed by atoms with Gasteiger partial charge < -0.3 is 5.11 Å². The van der Waals surface area contributed by atoms with E-state index in [0.29, 0.717) is 6.08 Å². The Kier molecular flexibility index (Phi) is 3.35. The first-order chi connectivity index (χ1) is 6.50. The molecule has 0 radical (unpaired) electrons. The summed E-state index contributed by atoms with van der Waals surface area (Å²) >= 11 is 2.91. The highest BCUT2D eigenvalue weighted by molar-refractivity contribution is 9.10. The molecule has 74 valence electrons. The summed E-state index contributed by atoms with van der Waals surface area (Å²) in [7, 11) is 0. The Bertz CT molecular complexity index is 379. The van der Waals surface area contributed by atoms with E-state index >= 15 is 0 Å². The molecule has 5 heteroatoms. The molecule has 0 heterocycles. The Balaban J connectivity index is 3.15. The van der Waals surface area contributed by atoms with Crippen molar-refractivity contribution in [2.75, 3.05) is 0 Å². The van der Waals surface area contributed by atoms with Crippen molar-refractivity contribution in [1.82, 2.24) is 0 Å². The van der Waals surface area contributed by atoms with Gasteiger partial charge in [0.2, 0.25) is 0 Å². The first-order valence-electron chi connectivity index (χ1n) is 3.56. The minimum Gasteiger partial charge on any atom is -0.478 e. The molecular formula is C9H5BrF2O2. The average molecular weight is 263 g/mol. The maximum absolute atomic E-state index is 13.0. The predicted octanol–water partition coefficient (Wildman–Crippen LogP) is 2.83. The van der Waals surface area contributed by atoms with Crippen LogP contribution in [0.25, 0.3) is 6.08 Å². The zero-order valence-corrected chi connectivity index (χ0v) is 8.38. The largest absolute Gasteiger partial charge is 0.478 e. The Morgan fingerprint density at radius 3 is 2.29 bits per heavy atom. The number of carboxylic acids is 1. The molecule has 0 aromatic heterocycles. The molecule has 0 aliphatic heterocycles. The van der Waals surface area contributed by atoms with Gasteiger partial charge in [0, 0.05) is 16.1 Å². The summed E-state index contributed by atoms with van der Waals surface area (Å²) in [5.74, 6) is -2.88. The van der Waals surface area contributed by atoms with E-state index in [4.69, 9.17) is 5.11 Å². The summed E-state index contributed by atoms with van der Waals surface area (Å²) in [4.78, 5) is 10.1. The summed E-state index contributed by atoms with van der Waals surface area (Å²) in [6.07, 6.45) is 1.55. The molecule has 2 nitrogen and oxygen atoms in total. The third-order valence-electron chi connectivity index (χ3n) is 1.44. The summed E-state index contributed by atoms with van der Waals surface area (Å²) in [5.41, 5.74) is -0.365. The molecular weight excluding hydrogens is 258 g/mol. The molecule has 0 aliphatic carbocycles. The van der Waals surface area contributed by atoms with E-state index < -0.39 is 17.6 Å². The van der Waals surface area contributed by atoms with Gasteiger partial charge in [-0.3, -0.25) is 0 Å². The summed E-state index contributed by atoms with van der Waals surface area (Å²) < 4.78 is 26.4. The third-order valence-corrected chi connectivity index (χ3v) is 1.89. The van der Waals surface area contributed by atoms with Crippen LogP contribution in [-0.2, 0) is 4.79 Å². The standard InChI is InChI=1S/C9H5BrF2O2/c10-5-3-7(11)6(8(12)4-5)1-2-9(13)14/h1-4H,(H,13,14). The lowest BCUT2D eigenvalue weighted by Crippen LogP contribution is -1.91. The maximum Gasteiger partial charge on any atom is 0.328 e. The lowest BCUT2D eigenvalue weighted by atomic mass is 10.2. The van der Waals surface area contributed by atoms with Crippen LogP contribution in [0.2, 0.25) is 0 Å². The molecule has 0 saturated carbocycles. The van der Waals surface area contributed by atoms with Crippen LogP contribution in [0.3, 0.4) is 0 Å². The first kappa shape index (κ1) is 10.8. The van der Waals surface area contributed by atoms with Crippen molar-refractivity contribution >= 4 is 28.0 Å². The van der Waals surface area contributed by atoms with Gasteiger partial charge in [-0.15, -0.1) is 0 Å². The second kappa shape index (κ2) is 4.32. The van der Waals surface area contributed by atoms with Crippen LogP contribution in [0.4, 0.5) is 8.78 Å². The first-order valence-corrected chi connectivity index (χ1v) is 4.35.